The van der Waals surface area contributed by atoms with E-state index in [9.17, 15) is 9.65 Å². The van der Waals surface area contributed by atoms with Crippen LogP contribution < -0.4 is 0 Å². The van der Waals surface area contributed by atoms with Gasteiger partial charge in [-0.05, 0) is 24.3 Å². The van der Waals surface area contributed by atoms with Gasteiger partial charge in [-0.3, -0.25) is 0 Å². The molecular formula is C19H24FN. The Morgan fingerprint density at radius 1 is 1.29 bits per heavy atom. The molecule has 0 heterocycles. The minimum atomic E-state index is -0.980. The fourth-order valence-corrected chi connectivity index (χ4v) is 2.71. The standard InChI is InChI=1S/C19H24FN/c1-5-16(15-10-8-7-9-11-15)18(13-21)17(6-2)19(20)12-14(3)4/h7-11,14,17-19H,1,6,12H2,2-4H3/t17?,18-,19?/m1/s1. The smallest absolute Gasteiger partial charge is 0.105 e. The minimum absolute atomic E-state index is 0.279. The van der Waals surface area contributed by atoms with Crippen molar-refractivity contribution in [2.24, 2.45) is 17.8 Å². The highest BCUT2D eigenvalue weighted by atomic mass is 19.1. The summed E-state index contributed by atoms with van der Waals surface area (Å²) in [6, 6.07) is 11.8. The number of nitrogens with zero attached hydrogens (tertiary/aromatic N) is 1. The van der Waals surface area contributed by atoms with Crippen molar-refractivity contribution >= 4 is 5.57 Å². The zero-order valence-corrected chi connectivity index (χ0v) is 13.1. The average molecular weight is 285 g/mol. The lowest BCUT2D eigenvalue weighted by Gasteiger charge is -2.26. The van der Waals surface area contributed by atoms with Gasteiger partial charge in [-0.2, -0.15) is 5.26 Å². The highest BCUT2D eigenvalue weighted by Gasteiger charge is 2.31. The molecule has 0 bridgehead atoms. The summed E-state index contributed by atoms with van der Waals surface area (Å²) in [6.45, 7) is 9.65. The van der Waals surface area contributed by atoms with Crippen molar-refractivity contribution < 1.29 is 4.39 Å². The maximum Gasteiger partial charge on any atom is 0.105 e. The van der Waals surface area contributed by atoms with Crippen LogP contribution in [0.25, 0.3) is 5.57 Å². The Labute approximate surface area is 127 Å². The first kappa shape index (κ1) is 17.2. The second kappa shape index (κ2) is 8.45. The van der Waals surface area contributed by atoms with E-state index in [2.05, 4.69) is 18.4 Å². The zero-order chi connectivity index (χ0) is 15.8. The van der Waals surface area contributed by atoms with E-state index in [1.165, 1.54) is 0 Å². The summed E-state index contributed by atoms with van der Waals surface area (Å²) in [4.78, 5) is 0. The van der Waals surface area contributed by atoms with Gasteiger partial charge in [0.2, 0.25) is 0 Å². The Bertz CT molecular complexity index is 520. The molecule has 2 heteroatoms. The van der Waals surface area contributed by atoms with Crippen LogP contribution in [-0.4, -0.2) is 6.17 Å². The molecule has 1 nitrogen and oxygen atoms in total. The van der Waals surface area contributed by atoms with E-state index < -0.39 is 12.1 Å². The van der Waals surface area contributed by atoms with Gasteiger partial charge in [-0.15, -0.1) is 5.73 Å². The summed E-state index contributed by atoms with van der Waals surface area (Å²) in [7, 11) is 0. The predicted octanol–water partition coefficient (Wildman–Crippen LogP) is 5.41. The van der Waals surface area contributed by atoms with Crippen molar-refractivity contribution in [3.05, 3.63) is 48.2 Å². The van der Waals surface area contributed by atoms with Crippen molar-refractivity contribution in [2.45, 2.75) is 39.8 Å². The summed E-state index contributed by atoms with van der Waals surface area (Å²) < 4.78 is 14.6. The van der Waals surface area contributed by atoms with Gasteiger partial charge in [0.1, 0.15) is 6.17 Å². The molecule has 1 rings (SSSR count). The fraction of sp³-hybridized carbons (Fsp3) is 0.474. The average Bonchev–Trinajstić information content (AvgIpc) is 2.47. The van der Waals surface area contributed by atoms with E-state index in [4.69, 9.17) is 0 Å². The molecule has 2 unspecified atom stereocenters. The second-order valence-corrected chi connectivity index (χ2v) is 5.78. The van der Waals surface area contributed by atoms with E-state index in [0.717, 1.165) is 5.56 Å². The molecule has 0 saturated carbocycles. The zero-order valence-electron chi connectivity index (χ0n) is 13.1. The normalized spacial score (nSPS) is 14.9. The number of nitriles is 1. The largest absolute Gasteiger partial charge is 0.247 e. The molecule has 3 atom stereocenters. The van der Waals surface area contributed by atoms with Gasteiger partial charge < -0.3 is 0 Å². The summed E-state index contributed by atoms with van der Waals surface area (Å²) >= 11 is 0. The first-order valence-electron chi connectivity index (χ1n) is 7.54. The molecule has 1 aromatic rings. The number of allylic oxidation sites excluding steroid dienone is 1. The minimum Gasteiger partial charge on any atom is -0.247 e. The van der Waals surface area contributed by atoms with E-state index in [1.54, 1.807) is 0 Å². The molecule has 0 aliphatic heterocycles. The van der Waals surface area contributed by atoms with Gasteiger partial charge in [-0.25, -0.2) is 4.39 Å². The monoisotopic (exact) mass is 285 g/mol. The SMILES string of the molecule is C=C=C(c1ccccc1)[C@@H](C#N)C(CC)C(F)CC(C)C. The maximum absolute atomic E-state index is 14.6. The Kier molecular flexibility index (Phi) is 6.92. The summed E-state index contributed by atoms with van der Waals surface area (Å²) in [6.07, 6.45) is 0.131. The Balaban J connectivity index is 3.09. The van der Waals surface area contributed by atoms with Crippen LogP contribution in [0.4, 0.5) is 4.39 Å². The van der Waals surface area contributed by atoms with Crippen LogP contribution in [-0.2, 0) is 0 Å². The van der Waals surface area contributed by atoms with Gasteiger partial charge in [-0.1, -0.05) is 57.7 Å². The topological polar surface area (TPSA) is 23.8 Å². The van der Waals surface area contributed by atoms with Gasteiger partial charge in [0, 0.05) is 11.5 Å². The van der Waals surface area contributed by atoms with Gasteiger partial charge in [0.25, 0.3) is 0 Å². The molecular weight excluding hydrogens is 261 g/mol. The van der Waals surface area contributed by atoms with Crippen LogP contribution >= 0.6 is 0 Å². The number of benzene rings is 1. The lowest BCUT2D eigenvalue weighted by Crippen LogP contribution is -2.25. The molecule has 0 radical (unpaired) electrons. The summed E-state index contributed by atoms with van der Waals surface area (Å²) in [5.41, 5.74) is 4.47. The highest BCUT2D eigenvalue weighted by Crippen LogP contribution is 2.35. The van der Waals surface area contributed by atoms with Crippen LogP contribution in [0.2, 0.25) is 0 Å². The van der Waals surface area contributed by atoms with Gasteiger partial charge in [0.15, 0.2) is 0 Å². The summed E-state index contributed by atoms with van der Waals surface area (Å²) in [5, 5.41) is 9.57. The van der Waals surface area contributed by atoms with Crippen LogP contribution in [0.5, 0.6) is 0 Å². The lowest BCUT2D eigenvalue weighted by atomic mass is 9.78. The van der Waals surface area contributed by atoms with Crippen molar-refractivity contribution in [3.63, 3.8) is 0 Å². The molecule has 1 aromatic carbocycles. The molecule has 21 heavy (non-hydrogen) atoms. The Morgan fingerprint density at radius 2 is 1.90 bits per heavy atom. The molecule has 0 aliphatic rings. The first-order valence-corrected chi connectivity index (χ1v) is 7.54. The number of alkyl halides is 1. The van der Waals surface area contributed by atoms with E-state index >= 15 is 0 Å². The summed E-state index contributed by atoms with van der Waals surface area (Å²) in [5.74, 6) is -0.549. The predicted molar refractivity (Wildman–Crippen MR) is 86.2 cm³/mol. The second-order valence-electron chi connectivity index (χ2n) is 5.78. The third-order valence-electron chi connectivity index (χ3n) is 3.79. The van der Waals surface area contributed by atoms with Crippen LogP contribution in [0.15, 0.2) is 42.6 Å². The molecule has 0 saturated heterocycles. The van der Waals surface area contributed by atoms with E-state index in [-0.39, 0.29) is 11.8 Å². The first-order chi connectivity index (χ1) is 10.0. The third kappa shape index (κ3) is 4.59. The molecule has 0 amide bonds. The molecule has 0 spiro atoms. The lowest BCUT2D eigenvalue weighted by molar-refractivity contribution is 0.173. The number of halogens is 1. The highest BCUT2D eigenvalue weighted by molar-refractivity contribution is 5.68. The maximum atomic E-state index is 14.6. The van der Waals surface area contributed by atoms with Crippen LogP contribution in [0, 0.1) is 29.1 Å². The van der Waals surface area contributed by atoms with Crippen molar-refractivity contribution in [2.75, 3.05) is 0 Å². The number of hydrogen-bond acceptors (Lipinski definition) is 1. The van der Waals surface area contributed by atoms with Crippen molar-refractivity contribution in [1.82, 2.24) is 0 Å². The molecule has 0 N–H and O–H groups in total. The number of hydrogen-bond donors (Lipinski definition) is 0. The van der Waals surface area contributed by atoms with Gasteiger partial charge >= 0.3 is 0 Å². The van der Waals surface area contributed by atoms with Crippen molar-refractivity contribution in [1.29, 1.82) is 5.26 Å². The van der Waals surface area contributed by atoms with Crippen molar-refractivity contribution in [3.8, 4) is 6.07 Å². The Hall–Kier alpha value is -1.84. The fourth-order valence-electron chi connectivity index (χ4n) is 2.71. The van der Waals surface area contributed by atoms with E-state index in [0.29, 0.717) is 18.4 Å². The van der Waals surface area contributed by atoms with Crippen LogP contribution in [0.1, 0.15) is 39.2 Å². The molecule has 0 aromatic heterocycles. The number of rotatable bonds is 7. The van der Waals surface area contributed by atoms with Gasteiger partial charge in [0.05, 0.1) is 12.0 Å². The molecule has 112 valence electrons. The quantitative estimate of drug-likeness (QED) is 0.615. The van der Waals surface area contributed by atoms with Crippen LogP contribution in [0.3, 0.4) is 0 Å². The van der Waals surface area contributed by atoms with E-state index in [1.807, 2.05) is 51.1 Å². The molecule has 0 fully saturated rings. The molecule has 0 aliphatic carbocycles. The third-order valence-corrected chi connectivity index (χ3v) is 3.79. The Morgan fingerprint density at radius 3 is 2.33 bits per heavy atom.